The molecule has 5 amide bonds. The Kier molecular flexibility index (Phi) is 9.82. The van der Waals surface area contributed by atoms with Gasteiger partial charge in [0.1, 0.15) is 24.0 Å². The molecule has 3 aromatic carbocycles. The van der Waals surface area contributed by atoms with Crippen molar-refractivity contribution < 1.29 is 28.7 Å². The summed E-state index contributed by atoms with van der Waals surface area (Å²) in [6, 6.07) is 19.6. The zero-order valence-corrected chi connectivity index (χ0v) is 34.0. The van der Waals surface area contributed by atoms with Gasteiger partial charge >= 0.3 is 0 Å². The average Bonchev–Trinajstić information content (AvgIpc) is 3.50. The van der Waals surface area contributed by atoms with Crippen LogP contribution in [0.15, 0.2) is 66.9 Å². The van der Waals surface area contributed by atoms with Crippen LogP contribution >= 0.6 is 0 Å². The second-order valence-electron chi connectivity index (χ2n) is 17.5. The molecule has 14 nitrogen and oxygen atoms in total. The van der Waals surface area contributed by atoms with E-state index in [1.165, 1.54) is 0 Å². The maximum absolute atomic E-state index is 13.8. The lowest BCUT2D eigenvalue weighted by Crippen LogP contribution is -2.78. The third-order valence-electron chi connectivity index (χ3n) is 13.5. The van der Waals surface area contributed by atoms with Gasteiger partial charge in [-0.1, -0.05) is 13.8 Å². The number of hydrogen-bond donors (Lipinski definition) is 4. The van der Waals surface area contributed by atoms with Crippen LogP contribution in [0.4, 0.5) is 11.4 Å². The zero-order valence-electron chi connectivity index (χ0n) is 34.0. The minimum absolute atomic E-state index is 0.0829. The van der Waals surface area contributed by atoms with Crippen molar-refractivity contribution in [1.82, 2.24) is 25.8 Å². The number of anilines is 2. The van der Waals surface area contributed by atoms with E-state index in [2.05, 4.69) is 58.0 Å². The molecule has 5 aliphatic rings. The van der Waals surface area contributed by atoms with Crippen LogP contribution in [-0.4, -0.2) is 90.3 Å². The summed E-state index contributed by atoms with van der Waals surface area (Å²) in [4.78, 5) is 71.7. The maximum Gasteiger partial charge on any atom is 0.262 e. The molecule has 4 N–H and O–H groups in total. The number of aromatic nitrogens is 1. The minimum Gasteiger partial charge on any atom is -0.488 e. The monoisotopic (exact) mass is 808 g/mol. The van der Waals surface area contributed by atoms with Crippen LogP contribution in [0.25, 0.3) is 10.9 Å². The van der Waals surface area contributed by atoms with Gasteiger partial charge in [0.2, 0.25) is 11.8 Å². The molecular weight excluding hydrogens is 761 g/mol. The van der Waals surface area contributed by atoms with Crippen LogP contribution in [0.5, 0.6) is 5.75 Å². The molecule has 1 aliphatic carbocycles. The molecule has 5 heterocycles. The topological polar surface area (TPSA) is 186 Å². The number of pyridine rings is 1. The summed E-state index contributed by atoms with van der Waals surface area (Å²) in [5.74, 6) is -0.840. The summed E-state index contributed by atoms with van der Waals surface area (Å²) in [7, 11) is 0. The Hall–Kier alpha value is -6.33. The lowest BCUT2D eigenvalue weighted by Gasteiger charge is -2.66. The van der Waals surface area contributed by atoms with Crippen molar-refractivity contribution in [1.29, 1.82) is 5.26 Å². The fourth-order valence-corrected chi connectivity index (χ4v) is 10.5. The fraction of sp³-hybridized carbons (Fsp3) is 0.413. The Bertz CT molecular complexity index is 2490. The first-order chi connectivity index (χ1) is 28.9. The van der Waals surface area contributed by atoms with Crippen LogP contribution in [-0.2, 0) is 15.0 Å². The summed E-state index contributed by atoms with van der Waals surface area (Å²) < 4.78 is 6.57. The number of nitrogens with zero attached hydrogens (tertiary/aromatic N) is 4. The molecule has 4 atom stereocenters. The highest BCUT2D eigenvalue weighted by molar-refractivity contribution is 6.23. The molecule has 308 valence electrons. The first-order valence-electron chi connectivity index (χ1n) is 20.8. The van der Waals surface area contributed by atoms with Gasteiger partial charge < -0.3 is 25.6 Å². The summed E-state index contributed by atoms with van der Waals surface area (Å²) >= 11 is 0. The summed E-state index contributed by atoms with van der Waals surface area (Å²) in [5, 5.41) is 23.0. The quantitative estimate of drug-likeness (QED) is 0.122. The van der Waals surface area contributed by atoms with Crippen molar-refractivity contribution in [2.24, 2.45) is 11.3 Å². The Morgan fingerprint density at radius 2 is 1.70 bits per heavy atom. The molecule has 0 bridgehead atoms. The van der Waals surface area contributed by atoms with Crippen LogP contribution in [0, 0.1) is 22.7 Å². The lowest BCUT2D eigenvalue weighted by atomic mass is 9.45. The van der Waals surface area contributed by atoms with Crippen molar-refractivity contribution >= 4 is 51.8 Å². The zero-order chi connectivity index (χ0) is 41.9. The highest BCUT2D eigenvalue weighted by Gasteiger charge is 2.69. The SMILES string of the molecule is CC1(C)C(NC(=O)c2ccc(N3CCC(CCNCCNc4ccc5c(c4)C(=O)N(C4CCC(=O)NC4=O)C5=O)CC3)cc2)C2(C)c3ccnc4c(C#N)ccc(c34)O[C@@H]12. The number of amides is 5. The van der Waals surface area contributed by atoms with Gasteiger partial charge in [-0.05, 0) is 111 Å². The highest BCUT2D eigenvalue weighted by atomic mass is 16.5. The van der Waals surface area contributed by atoms with E-state index in [0.29, 0.717) is 34.8 Å². The number of imide groups is 2. The molecule has 4 aromatic rings. The third kappa shape index (κ3) is 6.43. The summed E-state index contributed by atoms with van der Waals surface area (Å²) in [6.07, 6.45) is 5.03. The van der Waals surface area contributed by atoms with Gasteiger partial charge in [-0.2, -0.15) is 5.26 Å². The van der Waals surface area contributed by atoms with Gasteiger partial charge in [-0.15, -0.1) is 0 Å². The molecule has 1 saturated carbocycles. The van der Waals surface area contributed by atoms with Crippen LogP contribution in [0.3, 0.4) is 0 Å². The van der Waals surface area contributed by atoms with Crippen LogP contribution < -0.4 is 30.9 Å². The number of fused-ring (bicyclic) bond motifs is 3. The number of hydrogen-bond acceptors (Lipinski definition) is 11. The Balaban J connectivity index is 0.722. The van der Waals surface area contributed by atoms with Gasteiger partial charge in [-0.25, -0.2) is 0 Å². The van der Waals surface area contributed by atoms with E-state index < -0.39 is 35.1 Å². The van der Waals surface area contributed by atoms with E-state index in [1.54, 1.807) is 30.5 Å². The van der Waals surface area contributed by atoms with Crippen molar-refractivity contribution in [3.63, 3.8) is 0 Å². The first kappa shape index (κ1) is 39.1. The van der Waals surface area contributed by atoms with E-state index in [0.717, 1.165) is 72.7 Å². The number of rotatable bonds is 11. The Morgan fingerprint density at radius 3 is 2.45 bits per heavy atom. The first-order valence-corrected chi connectivity index (χ1v) is 20.8. The molecule has 9 rings (SSSR count). The molecule has 0 radical (unpaired) electrons. The minimum atomic E-state index is -0.983. The van der Waals surface area contributed by atoms with Gasteiger partial charge in [0, 0.05) is 66.5 Å². The predicted octanol–water partition coefficient (Wildman–Crippen LogP) is 4.67. The van der Waals surface area contributed by atoms with Crippen LogP contribution in [0.1, 0.15) is 95.1 Å². The fourth-order valence-electron chi connectivity index (χ4n) is 10.5. The normalized spacial score (nSPS) is 24.2. The second kappa shape index (κ2) is 15.0. The Morgan fingerprint density at radius 1 is 0.933 bits per heavy atom. The molecular formula is C46H48N8O6. The predicted molar refractivity (Wildman–Crippen MR) is 224 cm³/mol. The third-order valence-corrected chi connectivity index (χ3v) is 13.5. The van der Waals surface area contributed by atoms with E-state index in [4.69, 9.17) is 4.74 Å². The Labute approximate surface area is 348 Å². The number of ether oxygens (including phenoxy) is 1. The number of piperidine rings is 2. The van der Waals surface area contributed by atoms with Crippen molar-refractivity contribution in [3.05, 3.63) is 94.7 Å². The molecule has 3 fully saturated rings. The largest absolute Gasteiger partial charge is 0.488 e. The number of nitrogens with one attached hydrogen (secondary N) is 4. The number of nitriles is 1. The number of carbonyl (C=O) groups is 5. The van der Waals surface area contributed by atoms with E-state index in [1.807, 2.05) is 36.4 Å². The maximum atomic E-state index is 13.8. The second-order valence-corrected chi connectivity index (χ2v) is 17.5. The summed E-state index contributed by atoms with van der Waals surface area (Å²) in [5.41, 5.74) is 4.28. The number of benzene rings is 3. The molecule has 14 heteroatoms. The molecule has 0 spiro atoms. The van der Waals surface area contributed by atoms with E-state index in [-0.39, 0.29) is 47.4 Å². The van der Waals surface area contributed by atoms with Gasteiger partial charge in [0.25, 0.3) is 17.7 Å². The van der Waals surface area contributed by atoms with Crippen molar-refractivity contribution in [2.45, 2.75) is 76.5 Å². The molecule has 3 unspecified atom stereocenters. The van der Waals surface area contributed by atoms with Gasteiger partial charge in [0.15, 0.2) is 0 Å². The smallest absolute Gasteiger partial charge is 0.262 e. The van der Waals surface area contributed by atoms with Gasteiger partial charge in [-0.3, -0.25) is 39.2 Å². The van der Waals surface area contributed by atoms with E-state index in [9.17, 15) is 29.2 Å². The summed E-state index contributed by atoms with van der Waals surface area (Å²) in [6.45, 7) is 10.5. The molecule has 60 heavy (non-hydrogen) atoms. The van der Waals surface area contributed by atoms with Crippen molar-refractivity contribution in [2.75, 3.05) is 42.9 Å². The van der Waals surface area contributed by atoms with Crippen molar-refractivity contribution in [3.8, 4) is 11.8 Å². The lowest BCUT2D eigenvalue weighted by molar-refractivity contribution is -0.136. The molecule has 2 saturated heterocycles. The highest BCUT2D eigenvalue weighted by Crippen LogP contribution is 2.61. The van der Waals surface area contributed by atoms with Gasteiger partial charge in [0.05, 0.1) is 33.7 Å². The molecule has 4 aliphatic heterocycles. The molecule has 1 aromatic heterocycles. The number of carbonyl (C=O) groups excluding carboxylic acids is 5. The van der Waals surface area contributed by atoms with E-state index >= 15 is 0 Å². The average molecular weight is 809 g/mol. The standard InChI is InChI=1S/C46H48N8O6/c1-45(2)43(46(3)33-15-19-50-38-28(25-47)6-12-35(37(33)38)60-44(45)46)52-39(56)27-4-8-30(9-5-27)53-22-16-26(17-23-53)14-18-48-20-21-49-29-7-10-31-32(24-29)42(59)54(41(31)58)34-11-13-36(55)51-40(34)57/h4-10,12,15,19,24,26,34,43-44,48-49H,11,13-14,16-18,20-23H2,1-3H3,(H,52,56)(H,51,55,57)/t34?,43?,44-,46?/m0/s1. The van der Waals surface area contributed by atoms with Crippen LogP contribution in [0.2, 0.25) is 0 Å².